The Morgan fingerprint density at radius 3 is 2.33 bits per heavy atom. The highest BCUT2D eigenvalue weighted by molar-refractivity contribution is 6.46. The molecular formula is C35H31NO6. The fraction of sp³-hybridized carbons (Fsp3) is 0.200. The van der Waals surface area contributed by atoms with Crippen molar-refractivity contribution < 1.29 is 28.9 Å². The van der Waals surface area contributed by atoms with E-state index in [1.807, 2.05) is 79.7 Å². The summed E-state index contributed by atoms with van der Waals surface area (Å²) in [4.78, 5) is 28.6. The van der Waals surface area contributed by atoms with E-state index < -0.39 is 17.7 Å². The summed E-state index contributed by atoms with van der Waals surface area (Å²) in [5.74, 6) is 0.111. The summed E-state index contributed by atoms with van der Waals surface area (Å²) in [6, 6.07) is 29.1. The van der Waals surface area contributed by atoms with Gasteiger partial charge in [-0.1, -0.05) is 66.7 Å². The number of fused-ring (bicyclic) bond motifs is 1. The highest BCUT2D eigenvalue weighted by atomic mass is 16.5. The van der Waals surface area contributed by atoms with Crippen LogP contribution in [-0.2, 0) is 29.2 Å². The number of aliphatic hydroxyl groups excluding tert-OH is 1. The zero-order chi connectivity index (χ0) is 29.2. The largest absolute Gasteiger partial charge is 0.507 e. The molecule has 0 saturated carbocycles. The standard InChI is InChI=1S/C35H31NO6/c1-22-17-27-18-26(14-15-28(27)42-22)33(37)31-32(36(35(39)34(31)38)20-23-9-5-3-6-10-23)25-13-16-29(30(19-25)40-2)41-21-24-11-7-4-8-12-24/h3-16,18-19,22,32,37H,17,20-21H2,1-2H3/t22-,32+/m1/s1. The molecule has 1 amide bonds. The van der Waals surface area contributed by atoms with Crippen LogP contribution in [0.3, 0.4) is 0 Å². The lowest BCUT2D eigenvalue weighted by molar-refractivity contribution is -0.140. The first-order valence-electron chi connectivity index (χ1n) is 13.9. The number of benzene rings is 4. The molecule has 0 spiro atoms. The molecule has 2 heterocycles. The first kappa shape index (κ1) is 27.1. The van der Waals surface area contributed by atoms with Gasteiger partial charge in [0.05, 0.1) is 18.7 Å². The number of likely N-dealkylation sites (tertiary alicyclic amines) is 1. The Bertz CT molecular complexity index is 1660. The zero-order valence-corrected chi connectivity index (χ0v) is 23.4. The Labute approximate surface area is 244 Å². The highest BCUT2D eigenvalue weighted by Crippen LogP contribution is 2.43. The number of methoxy groups -OCH3 is 1. The lowest BCUT2D eigenvalue weighted by atomic mass is 9.94. The number of Topliss-reactive ketones (excluding diaryl/α,β-unsaturated/α-hetero) is 1. The topological polar surface area (TPSA) is 85.3 Å². The third-order valence-corrected chi connectivity index (χ3v) is 7.65. The minimum absolute atomic E-state index is 0.0304. The van der Waals surface area contributed by atoms with Crippen LogP contribution in [-0.4, -0.2) is 34.9 Å². The van der Waals surface area contributed by atoms with Gasteiger partial charge in [-0.2, -0.15) is 0 Å². The molecular weight excluding hydrogens is 530 g/mol. The minimum Gasteiger partial charge on any atom is -0.507 e. The Balaban J connectivity index is 1.41. The molecule has 0 unspecified atom stereocenters. The van der Waals surface area contributed by atoms with Gasteiger partial charge in [-0.15, -0.1) is 0 Å². The van der Waals surface area contributed by atoms with Crippen LogP contribution in [0.25, 0.3) is 5.76 Å². The van der Waals surface area contributed by atoms with Crippen molar-refractivity contribution >= 4 is 17.4 Å². The SMILES string of the molecule is COc1cc([C@H]2C(=C(O)c3ccc4c(c3)C[C@@H](C)O4)C(=O)C(=O)N2Cc2ccccc2)ccc1OCc1ccccc1. The zero-order valence-electron chi connectivity index (χ0n) is 23.4. The molecule has 0 aliphatic carbocycles. The number of carbonyl (C=O) groups excluding carboxylic acids is 2. The van der Waals surface area contributed by atoms with Crippen LogP contribution >= 0.6 is 0 Å². The van der Waals surface area contributed by atoms with E-state index in [9.17, 15) is 14.7 Å². The van der Waals surface area contributed by atoms with E-state index in [4.69, 9.17) is 14.2 Å². The number of rotatable bonds is 8. The number of ether oxygens (including phenoxy) is 3. The molecule has 1 fully saturated rings. The fourth-order valence-electron chi connectivity index (χ4n) is 5.60. The van der Waals surface area contributed by atoms with Crippen LogP contribution in [0.5, 0.6) is 17.2 Å². The summed E-state index contributed by atoms with van der Waals surface area (Å²) >= 11 is 0. The van der Waals surface area contributed by atoms with E-state index >= 15 is 0 Å². The molecule has 212 valence electrons. The van der Waals surface area contributed by atoms with Gasteiger partial charge in [0, 0.05) is 18.5 Å². The number of aliphatic hydroxyl groups is 1. The van der Waals surface area contributed by atoms with E-state index in [1.165, 1.54) is 4.90 Å². The van der Waals surface area contributed by atoms with E-state index in [0.29, 0.717) is 35.7 Å². The van der Waals surface area contributed by atoms with Gasteiger partial charge >= 0.3 is 0 Å². The number of amides is 1. The van der Waals surface area contributed by atoms with Crippen LogP contribution < -0.4 is 14.2 Å². The quantitative estimate of drug-likeness (QED) is 0.156. The van der Waals surface area contributed by atoms with Crippen LogP contribution in [0, 0.1) is 0 Å². The molecule has 42 heavy (non-hydrogen) atoms. The second kappa shape index (κ2) is 11.4. The predicted octanol–water partition coefficient (Wildman–Crippen LogP) is 6.22. The third-order valence-electron chi connectivity index (χ3n) is 7.65. The number of carbonyl (C=O) groups is 2. The van der Waals surface area contributed by atoms with Gasteiger partial charge in [0.1, 0.15) is 24.2 Å². The fourth-order valence-corrected chi connectivity index (χ4v) is 5.60. The Hall–Kier alpha value is -5.04. The van der Waals surface area contributed by atoms with Gasteiger partial charge < -0.3 is 24.2 Å². The van der Waals surface area contributed by atoms with Crippen molar-refractivity contribution in [1.29, 1.82) is 0 Å². The van der Waals surface area contributed by atoms with Crippen LogP contribution in [0.4, 0.5) is 0 Å². The maximum absolute atomic E-state index is 13.6. The summed E-state index contributed by atoms with van der Waals surface area (Å²) in [5.41, 5.74) is 3.93. The summed E-state index contributed by atoms with van der Waals surface area (Å²) in [6.45, 7) is 2.52. The second-order valence-electron chi connectivity index (χ2n) is 10.6. The summed E-state index contributed by atoms with van der Waals surface area (Å²) in [5, 5.41) is 11.6. The molecule has 4 aromatic rings. The van der Waals surface area contributed by atoms with Gasteiger partial charge in [-0.05, 0) is 59.5 Å². The average Bonchev–Trinajstić information content (AvgIpc) is 3.51. The summed E-state index contributed by atoms with van der Waals surface area (Å²) < 4.78 is 17.5. The maximum Gasteiger partial charge on any atom is 0.295 e. The van der Waals surface area contributed by atoms with Gasteiger partial charge in [-0.3, -0.25) is 9.59 Å². The van der Waals surface area contributed by atoms with Crippen molar-refractivity contribution in [2.24, 2.45) is 0 Å². The molecule has 7 heteroatoms. The van der Waals surface area contributed by atoms with E-state index in [1.54, 1.807) is 31.4 Å². The van der Waals surface area contributed by atoms with Gasteiger partial charge in [0.25, 0.3) is 11.7 Å². The lowest BCUT2D eigenvalue weighted by Crippen LogP contribution is -2.29. The van der Waals surface area contributed by atoms with Crippen molar-refractivity contribution in [3.05, 3.63) is 130 Å². The molecule has 2 aliphatic rings. The van der Waals surface area contributed by atoms with E-state index in [2.05, 4.69) is 0 Å². The number of hydrogen-bond acceptors (Lipinski definition) is 6. The number of nitrogens with zero attached hydrogens (tertiary/aromatic N) is 1. The summed E-state index contributed by atoms with van der Waals surface area (Å²) in [6.07, 6.45) is 0.730. The third kappa shape index (κ3) is 5.21. The molecule has 7 nitrogen and oxygen atoms in total. The molecule has 6 rings (SSSR count). The predicted molar refractivity (Wildman–Crippen MR) is 158 cm³/mol. The van der Waals surface area contributed by atoms with Crippen LogP contribution in [0.15, 0.2) is 103 Å². The second-order valence-corrected chi connectivity index (χ2v) is 10.6. The van der Waals surface area contributed by atoms with Crippen molar-refractivity contribution in [2.75, 3.05) is 7.11 Å². The Morgan fingerprint density at radius 1 is 0.905 bits per heavy atom. The average molecular weight is 562 g/mol. The molecule has 0 bridgehead atoms. The van der Waals surface area contributed by atoms with Crippen molar-refractivity contribution in [2.45, 2.75) is 38.6 Å². The first-order valence-corrected chi connectivity index (χ1v) is 13.9. The smallest absolute Gasteiger partial charge is 0.295 e. The van der Waals surface area contributed by atoms with Crippen LogP contribution in [0.2, 0.25) is 0 Å². The van der Waals surface area contributed by atoms with E-state index in [0.717, 1.165) is 22.4 Å². The minimum atomic E-state index is -0.842. The molecule has 1 N–H and O–H groups in total. The number of hydrogen-bond donors (Lipinski definition) is 1. The van der Waals surface area contributed by atoms with Gasteiger partial charge in [0.2, 0.25) is 0 Å². The first-order chi connectivity index (χ1) is 20.4. The highest BCUT2D eigenvalue weighted by Gasteiger charge is 2.46. The van der Waals surface area contributed by atoms with E-state index in [-0.39, 0.29) is 24.0 Å². The summed E-state index contributed by atoms with van der Waals surface area (Å²) in [7, 11) is 1.54. The van der Waals surface area contributed by atoms with Crippen LogP contribution in [0.1, 0.15) is 40.8 Å². The Kier molecular flexibility index (Phi) is 7.40. The molecule has 0 radical (unpaired) electrons. The van der Waals surface area contributed by atoms with Gasteiger partial charge in [-0.25, -0.2) is 0 Å². The van der Waals surface area contributed by atoms with Crippen molar-refractivity contribution in [3.63, 3.8) is 0 Å². The molecule has 0 aromatic heterocycles. The number of ketones is 1. The molecule has 4 aromatic carbocycles. The monoisotopic (exact) mass is 561 g/mol. The molecule has 1 saturated heterocycles. The Morgan fingerprint density at radius 2 is 1.62 bits per heavy atom. The molecule has 2 atom stereocenters. The lowest BCUT2D eigenvalue weighted by Gasteiger charge is -2.26. The maximum atomic E-state index is 13.6. The van der Waals surface area contributed by atoms with Gasteiger partial charge in [0.15, 0.2) is 11.5 Å². The normalized spacial score (nSPS) is 19.0. The molecule has 2 aliphatic heterocycles. The van der Waals surface area contributed by atoms with Crippen molar-refractivity contribution in [1.82, 2.24) is 4.90 Å². The van der Waals surface area contributed by atoms with Crippen molar-refractivity contribution in [3.8, 4) is 17.2 Å².